The molecule has 0 aromatic carbocycles. The molecule has 5 N–H and O–H groups in total. The first kappa shape index (κ1) is 21.0. The average molecular weight is 322 g/mol. The first-order valence-corrected chi connectivity index (χ1v) is 10.3. The summed E-state index contributed by atoms with van der Waals surface area (Å²) in [6.45, 7) is 12.2. The molecule has 0 saturated heterocycles. The van der Waals surface area contributed by atoms with Gasteiger partial charge in [-0.25, -0.2) is 0 Å². The topological polar surface area (TPSA) is 91.8 Å². The number of nitrogens with two attached hydrogens (primary N) is 2. The molecule has 0 aromatic rings. The van der Waals surface area contributed by atoms with Gasteiger partial charge in [0.05, 0.1) is 5.60 Å². The van der Waals surface area contributed by atoms with Gasteiger partial charge in [0.1, 0.15) is 0 Å². The molecule has 0 aliphatic carbocycles. The molecule has 21 heavy (non-hydrogen) atoms. The minimum Gasteiger partial charge on any atom is -0.374 e. The summed E-state index contributed by atoms with van der Waals surface area (Å²) < 4.78 is 17.9. The van der Waals surface area contributed by atoms with Crippen LogP contribution in [0.3, 0.4) is 0 Å². The van der Waals surface area contributed by atoms with Crippen molar-refractivity contribution >= 4 is 8.80 Å². The third-order valence-corrected chi connectivity index (χ3v) is 5.79. The van der Waals surface area contributed by atoms with Crippen molar-refractivity contribution in [2.45, 2.75) is 52.2 Å². The van der Waals surface area contributed by atoms with E-state index < -0.39 is 8.80 Å². The Bertz CT molecular complexity index is 254. The van der Waals surface area contributed by atoms with Crippen LogP contribution >= 0.6 is 0 Å². The van der Waals surface area contributed by atoms with Crippen molar-refractivity contribution in [1.29, 1.82) is 0 Å². The van der Waals surface area contributed by atoms with Gasteiger partial charge in [-0.15, -0.1) is 0 Å². The number of hydrogen-bond acceptors (Lipinski definition) is 6. The molecular formula is C14H35N3O3Si. The second-order valence-electron chi connectivity index (χ2n) is 5.46. The lowest BCUT2D eigenvalue weighted by molar-refractivity contribution is -0.0246. The molecule has 0 rings (SSSR count). The van der Waals surface area contributed by atoms with Crippen molar-refractivity contribution in [3.05, 3.63) is 0 Å². The number of rotatable bonds is 14. The van der Waals surface area contributed by atoms with Gasteiger partial charge in [-0.05, 0) is 53.1 Å². The molecule has 0 aromatic heterocycles. The summed E-state index contributed by atoms with van der Waals surface area (Å²) in [4.78, 5) is 0. The Labute approximate surface area is 131 Å². The highest BCUT2D eigenvalue weighted by atomic mass is 28.4. The van der Waals surface area contributed by atoms with Crippen LogP contribution in [0.5, 0.6) is 0 Å². The SMILES string of the molecule is CCO[Si](C)(OCC)OC(C)(CCN)CCCNCCN. The van der Waals surface area contributed by atoms with Gasteiger partial charge in [0.15, 0.2) is 0 Å². The highest BCUT2D eigenvalue weighted by molar-refractivity contribution is 6.59. The predicted molar refractivity (Wildman–Crippen MR) is 89.2 cm³/mol. The van der Waals surface area contributed by atoms with E-state index in [1.54, 1.807) is 0 Å². The average Bonchev–Trinajstić information content (AvgIpc) is 2.38. The first-order valence-electron chi connectivity index (χ1n) is 8.04. The van der Waals surface area contributed by atoms with Crippen molar-refractivity contribution in [3.8, 4) is 0 Å². The standard InChI is InChI=1S/C14H35N3O3Si/c1-5-18-21(4,19-6-2)20-14(3,9-10-15)8-7-12-17-13-11-16/h17H,5-13,15-16H2,1-4H3. The Morgan fingerprint density at radius 3 is 2.10 bits per heavy atom. The van der Waals surface area contributed by atoms with E-state index in [4.69, 9.17) is 24.7 Å². The van der Waals surface area contributed by atoms with Crippen LogP contribution < -0.4 is 16.8 Å². The van der Waals surface area contributed by atoms with Crippen LogP contribution in [0.25, 0.3) is 0 Å². The third kappa shape index (κ3) is 9.57. The smallest absolute Gasteiger partial charge is 0.374 e. The van der Waals surface area contributed by atoms with E-state index in [9.17, 15) is 0 Å². The maximum absolute atomic E-state index is 6.32. The quantitative estimate of drug-likeness (QED) is 0.327. The van der Waals surface area contributed by atoms with Gasteiger partial charge in [0, 0.05) is 32.9 Å². The normalized spacial score (nSPS) is 15.1. The molecule has 0 fully saturated rings. The molecule has 0 spiro atoms. The van der Waals surface area contributed by atoms with Crippen molar-refractivity contribution in [2.75, 3.05) is 39.4 Å². The van der Waals surface area contributed by atoms with E-state index in [1.807, 2.05) is 20.4 Å². The van der Waals surface area contributed by atoms with Crippen molar-refractivity contribution in [1.82, 2.24) is 5.32 Å². The van der Waals surface area contributed by atoms with Crippen LogP contribution in [0.1, 0.15) is 40.0 Å². The zero-order valence-corrected chi connectivity index (χ0v) is 15.2. The monoisotopic (exact) mass is 321 g/mol. The van der Waals surface area contributed by atoms with Gasteiger partial charge in [0.2, 0.25) is 0 Å². The summed E-state index contributed by atoms with van der Waals surface area (Å²) in [6.07, 6.45) is 2.73. The van der Waals surface area contributed by atoms with Gasteiger partial charge in [-0.1, -0.05) is 0 Å². The summed E-state index contributed by atoms with van der Waals surface area (Å²) in [5.74, 6) is 0. The van der Waals surface area contributed by atoms with E-state index in [0.717, 1.165) is 32.4 Å². The maximum Gasteiger partial charge on any atom is 0.498 e. The maximum atomic E-state index is 6.32. The fourth-order valence-electron chi connectivity index (χ4n) is 2.42. The highest BCUT2D eigenvalue weighted by Gasteiger charge is 2.41. The van der Waals surface area contributed by atoms with E-state index >= 15 is 0 Å². The van der Waals surface area contributed by atoms with Gasteiger partial charge in [-0.3, -0.25) is 0 Å². The molecule has 0 aliphatic heterocycles. The van der Waals surface area contributed by atoms with E-state index in [0.29, 0.717) is 26.3 Å². The second kappa shape index (κ2) is 11.5. The molecule has 0 saturated carbocycles. The van der Waals surface area contributed by atoms with Gasteiger partial charge in [0.25, 0.3) is 0 Å². The van der Waals surface area contributed by atoms with Crippen LogP contribution in [-0.4, -0.2) is 53.8 Å². The van der Waals surface area contributed by atoms with Crippen LogP contribution in [0.4, 0.5) is 0 Å². The van der Waals surface area contributed by atoms with Gasteiger partial charge < -0.3 is 30.1 Å². The van der Waals surface area contributed by atoms with E-state index in [1.165, 1.54) is 0 Å². The minimum absolute atomic E-state index is 0.301. The van der Waals surface area contributed by atoms with Crippen molar-refractivity contribution < 1.29 is 13.3 Å². The second-order valence-corrected chi connectivity index (χ2v) is 7.97. The van der Waals surface area contributed by atoms with E-state index in [2.05, 4.69) is 12.2 Å². The Hall–Kier alpha value is -0.0231. The predicted octanol–water partition coefficient (Wildman–Crippen LogP) is 1.08. The van der Waals surface area contributed by atoms with Crippen LogP contribution in [0.15, 0.2) is 0 Å². The molecule has 1 atom stereocenters. The zero-order valence-electron chi connectivity index (χ0n) is 14.2. The van der Waals surface area contributed by atoms with Crippen molar-refractivity contribution in [2.24, 2.45) is 11.5 Å². The molecule has 0 aliphatic rings. The third-order valence-electron chi connectivity index (χ3n) is 3.30. The van der Waals surface area contributed by atoms with Crippen LogP contribution in [0.2, 0.25) is 6.55 Å². The highest BCUT2D eigenvalue weighted by Crippen LogP contribution is 2.27. The van der Waals surface area contributed by atoms with Crippen LogP contribution in [0, 0.1) is 0 Å². The Kier molecular flexibility index (Phi) is 11.5. The molecule has 1 unspecified atom stereocenters. The van der Waals surface area contributed by atoms with Crippen LogP contribution in [-0.2, 0) is 13.3 Å². The van der Waals surface area contributed by atoms with Gasteiger partial charge >= 0.3 is 8.80 Å². The largest absolute Gasteiger partial charge is 0.498 e. The molecule has 0 heterocycles. The lowest BCUT2D eigenvalue weighted by Crippen LogP contribution is -2.50. The zero-order chi connectivity index (χ0) is 16.2. The Balaban J connectivity index is 4.52. The van der Waals surface area contributed by atoms with Crippen molar-refractivity contribution in [3.63, 3.8) is 0 Å². The van der Waals surface area contributed by atoms with Gasteiger partial charge in [-0.2, -0.15) is 0 Å². The minimum atomic E-state index is -2.59. The number of nitrogens with one attached hydrogen (secondary N) is 1. The first-order chi connectivity index (χ1) is 9.95. The summed E-state index contributed by atoms with van der Waals surface area (Å²) >= 11 is 0. The fraction of sp³-hybridized carbons (Fsp3) is 1.00. The van der Waals surface area contributed by atoms with E-state index in [-0.39, 0.29) is 5.60 Å². The number of hydrogen-bond donors (Lipinski definition) is 3. The summed E-state index contributed by atoms with van der Waals surface area (Å²) in [7, 11) is -2.59. The molecule has 7 heteroatoms. The molecule has 0 bridgehead atoms. The molecule has 6 nitrogen and oxygen atoms in total. The molecule has 0 radical (unpaired) electrons. The summed E-state index contributed by atoms with van der Waals surface area (Å²) in [5.41, 5.74) is 10.9. The fourth-order valence-corrected chi connectivity index (χ4v) is 4.77. The Morgan fingerprint density at radius 1 is 1.00 bits per heavy atom. The molecular weight excluding hydrogens is 286 g/mol. The molecule has 128 valence electrons. The molecule has 0 amide bonds. The summed E-state index contributed by atoms with van der Waals surface area (Å²) in [6, 6.07) is 0. The lowest BCUT2D eigenvalue weighted by atomic mass is 9.96. The summed E-state index contributed by atoms with van der Waals surface area (Å²) in [5, 5.41) is 3.30. The Morgan fingerprint density at radius 2 is 1.62 bits per heavy atom. The lowest BCUT2D eigenvalue weighted by Gasteiger charge is -2.37.